The molecule has 0 aliphatic carbocycles. The number of amides is 1. The summed E-state index contributed by atoms with van der Waals surface area (Å²) >= 11 is 0. The molecule has 0 aromatic carbocycles. The fraction of sp³-hybridized carbons (Fsp3) is 0.429. The van der Waals surface area contributed by atoms with Crippen molar-refractivity contribution in [3.05, 3.63) is 35.4 Å². The highest BCUT2D eigenvalue weighted by Crippen LogP contribution is 2.27. The van der Waals surface area contributed by atoms with Gasteiger partial charge in [-0.2, -0.15) is 0 Å². The summed E-state index contributed by atoms with van der Waals surface area (Å²) in [6, 6.07) is 1.98. The summed E-state index contributed by atoms with van der Waals surface area (Å²) in [6.07, 6.45) is 3.50. The van der Waals surface area contributed by atoms with E-state index in [1.165, 1.54) is 4.68 Å². The van der Waals surface area contributed by atoms with Crippen molar-refractivity contribution in [2.45, 2.75) is 32.9 Å². The van der Waals surface area contributed by atoms with Crippen molar-refractivity contribution in [1.29, 1.82) is 0 Å². The molecular formula is C14H17N5O2. The number of aryl methyl sites for hydroxylation is 1. The zero-order chi connectivity index (χ0) is 15.0. The Bertz CT molecular complexity index is 680. The molecule has 1 aliphatic rings. The number of carbonyl (C=O) groups is 1. The number of anilines is 1. The molecule has 1 amide bonds. The molecule has 7 heteroatoms. The second-order valence-electron chi connectivity index (χ2n) is 5.29. The summed E-state index contributed by atoms with van der Waals surface area (Å²) in [5, 5.41) is 17.1. The Labute approximate surface area is 122 Å². The number of aliphatic hydroxyl groups excluding tert-OH is 1. The molecule has 3 rings (SSSR count). The van der Waals surface area contributed by atoms with Crippen LogP contribution in [0.3, 0.4) is 0 Å². The minimum Gasteiger partial charge on any atom is -0.387 e. The van der Waals surface area contributed by atoms with E-state index in [0.29, 0.717) is 12.2 Å². The van der Waals surface area contributed by atoms with Gasteiger partial charge in [-0.05, 0) is 25.5 Å². The third-order valence-corrected chi connectivity index (χ3v) is 3.53. The van der Waals surface area contributed by atoms with E-state index in [1.54, 1.807) is 18.0 Å². The Kier molecular flexibility index (Phi) is 3.42. The number of aromatic nitrogens is 4. The quantitative estimate of drug-likeness (QED) is 0.895. The average Bonchev–Trinajstić information content (AvgIpc) is 3.04. The highest BCUT2D eigenvalue weighted by Gasteiger charge is 2.26. The maximum atomic E-state index is 12.4. The first-order valence-corrected chi connectivity index (χ1v) is 6.88. The fourth-order valence-electron chi connectivity index (χ4n) is 2.41. The lowest BCUT2D eigenvalue weighted by atomic mass is 10.2. The van der Waals surface area contributed by atoms with Crippen molar-refractivity contribution < 1.29 is 9.90 Å². The first kappa shape index (κ1) is 13.7. The molecule has 1 atom stereocenters. The molecule has 2 aromatic rings. The molecule has 2 aromatic heterocycles. The fourth-order valence-corrected chi connectivity index (χ4v) is 2.41. The SMILES string of the molecule is Cc1cnc2c(c1)N(C(=O)Cn1cc(C(C)O)nn1)CC2. The molecule has 1 unspecified atom stereocenters. The summed E-state index contributed by atoms with van der Waals surface area (Å²) in [4.78, 5) is 18.5. The van der Waals surface area contributed by atoms with Crippen LogP contribution in [0.25, 0.3) is 0 Å². The van der Waals surface area contributed by atoms with Crippen LogP contribution in [-0.2, 0) is 17.8 Å². The van der Waals surface area contributed by atoms with Crippen LogP contribution in [0.1, 0.15) is 30.0 Å². The summed E-state index contributed by atoms with van der Waals surface area (Å²) in [5.74, 6) is -0.0526. The normalized spacial score (nSPS) is 15.1. The minimum absolute atomic E-state index is 0.0526. The molecule has 21 heavy (non-hydrogen) atoms. The van der Waals surface area contributed by atoms with Gasteiger partial charge in [0.1, 0.15) is 12.2 Å². The number of carbonyl (C=O) groups excluding carboxylic acids is 1. The van der Waals surface area contributed by atoms with Crippen molar-refractivity contribution in [3.63, 3.8) is 0 Å². The van der Waals surface area contributed by atoms with Gasteiger partial charge in [0.05, 0.1) is 23.7 Å². The lowest BCUT2D eigenvalue weighted by Crippen LogP contribution is -2.32. The molecule has 110 valence electrons. The van der Waals surface area contributed by atoms with E-state index < -0.39 is 6.10 Å². The van der Waals surface area contributed by atoms with Crippen LogP contribution in [0.15, 0.2) is 18.5 Å². The molecule has 0 fully saturated rings. The van der Waals surface area contributed by atoms with E-state index in [2.05, 4.69) is 15.3 Å². The molecular weight excluding hydrogens is 270 g/mol. The van der Waals surface area contributed by atoms with Gasteiger partial charge < -0.3 is 10.0 Å². The van der Waals surface area contributed by atoms with Gasteiger partial charge in [-0.1, -0.05) is 5.21 Å². The zero-order valence-corrected chi connectivity index (χ0v) is 12.0. The van der Waals surface area contributed by atoms with Crippen LogP contribution in [0.5, 0.6) is 0 Å². The second kappa shape index (κ2) is 5.25. The molecule has 0 saturated carbocycles. The number of fused-ring (bicyclic) bond motifs is 1. The van der Waals surface area contributed by atoms with Gasteiger partial charge in [-0.15, -0.1) is 5.10 Å². The van der Waals surface area contributed by atoms with Gasteiger partial charge in [0.25, 0.3) is 0 Å². The average molecular weight is 287 g/mol. The molecule has 1 N–H and O–H groups in total. The largest absolute Gasteiger partial charge is 0.387 e. The van der Waals surface area contributed by atoms with E-state index in [4.69, 9.17) is 0 Å². The van der Waals surface area contributed by atoms with Crippen LogP contribution in [0.2, 0.25) is 0 Å². The number of hydrogen-bond donors (Lipinski definition) is 1. The lowest BCUT2D eigenvalue weighted by molar-refractivity contribution is -0.119. The minimum atomic E-state index is -0.687. The molecule has 0 spiro atoms. The smallest absolute Gasteiger partial charge is 0.248 e. The number of pyridine rings is 1. The van der Waals surface area contributed by atoms with E-state index >= 15 is 0 Å². The zero-order valence-electron chi connectivity index (χ0n) is 12.0. The monoisotopic (exact) mass is 287 g/mol. The Hall–Kier alpha value is -2.28. The standard InChI is InChI=1S/C14H17N5O2/c1-9-5-13-11(15-6-9)3-4-19(13)14(21)8-18-7-12(10(2)20)16-17-18/h5-7,10,20H,3-4,8H2,1-2H3. The molecule has 0 saturated heterocycles. The van der Waals surface area contributed by atoms with Gasteiger partial charge in [-0.3, -0.25) is 9.78 Å². The predicted octanol–water partition coefficient (Wildman–Crippen LogP) is 0.624. The molecule has 0 radical (unpaired) electrons. The summed E-state index contributed by atoms with van der Waals surface area (Å²) < 4.78 is 1.45. The van der Waals surface area contributed by atoms with Gasteiger partial charge in [0, 0.05) is 19.2 Å². The van der Waals surface area contributed by atoms with Crippen molar-refractivity contribution >= 4 is 11.6 Å². The van der Waals surface area contributed by atoms with Gasteiger partial charge in [0.2, 0.25) is 5.91 Å². The third-order valence-electron chi connectivity index (χ3n) is 3.53. The molecule has 3 heterocycles. The Morgan fingerprint density at radius 3 is 3.05 bits per heavy atom. The number of rotatable bonds is 3. The number of hydrogen-bond acceptors (Lipinski definition) is 5. The lowest BCUT2D eigenvalue weighted by Gasteiger charge is -2.17. The van der Waals surface area contributed by atoms with E-state index in [1.807, 2.05) is 19.2 Å². The third kappa shape index (κ3) is 2.64. The van der Waals surface area contributed by atoms with Crippen LogP contribution in [0.4, 0.5) is 5.69 Å². The Morgan fingerprint density at radius 2 is 2.33 bits per heavy atom. The Balaban J connectivity index is 1.76. The first-order valence-electron chi connectivity index (χ1n) is 6.88. The van der Waals surface area contributed by atoms with Crippen LogP contribution < -0.4 is 4.90 Å². The maximum Gasteiger partial charge on any atom is 0.248 e. The number of nitrogens with zero attached hydrogens (tertiary/aromatic N) is 5. The Morgan fingerprint density at radius 1 is 1.52 bits per heavy atom. The highest BCUT2D eigenvalue weighted by molar-refractivity contribution is 5.95. The predicted molar refractivity (Wildman–Crippen MR) is 75.7 cm³/mol. The van der Waals surface area contributed by atoms with Gasteiger partial charge in [-0.25, -0.2) is 4.68 Å². The van der Waals surface area contributed by atoms with Crippen molar-refractivity contribution in [2.24, 2.45) is 0 Å². The highest BCUT2D eigenvalue weighted by atomic mass is 16.3. The van der Waals surface area contributed by atoms with Crippen LogP contribution in [0, 0.1) is 6.92 Å². The van der Waals surface area contributed by atoms with Crippen LogP contribution >= 0.6 is 0 Å². The molecule has 1 aliphatic heterocycles. The van der Waals surface area contributed by atoms with Gasteiger partial charge in [0.15, 0.2) is 0 Å². The van der Waals surface area contributed by atoms with Crippen molar-refractivity contribution in [3.8, 4) is 0 Å². The maximum absolute atomic E-state index is 12.4. The summed E-state index contributed by atoms with van der Waals surface area (Å²) in [6.45, 7) is 4.32. The topological polar surface area (TPSA) is 84.1 Å². The van der Waals surface area contributed by atoms with E-state index in [-0.39, 0.29) is 12.5 Å². The van der Waals surface area contributed by atoms with Gasteiger partial charge >= 0.3 is 0 Å². The molecule has 7 nitrogen and oxygen atoms in total. The van der Waals surface area contributed by atoms with E-state index in [0.717, 1.165) is 23.4 Å². The number of aliphatic hydroxyl groups is 1. The van der Waals surface area contributed by atoms with E-state index in [9.17, 15) is 9.90 Å². The van der Waals surface area contributed by atoms with Crippen molar-refractivity contribution in [1.82, 2.24) is 20.0 Å². The van der Waals surface area contributed by atoms with Crippen molar-refractivity contribution in [2.75, 3.05) is 11.4 Å². The second-order valence-corrected chi connectivity index (χ2v) is 5.29. The van der Waals surface area contributed by atoms with Crippen LogP contribution in [-0.4, -0.2) is 37.5 Å². The summed E-state index contributed by atoms with van der Waals surface area (Å²) in [7, 11) is 0. The molecule has 0 bridgehead atoms. The summed E-state index contributed by atoms with van der Waals surface area (Å²) in [5.41, 5.74) is 3.33. The first-order chi connectivity index (χ1) is 10.0.